The molecule has 0 saturated carbocycles. The lowest BCUT2D eigenvalue weighted by Crippen LogP contribution is -2.10. The lowest BCUT2D eigenvalue weighted by atomic mass is 9.98. The minimum atomic E-state index is -1.17. The Morgan fingerprint density at radius 1 is 1.47 bits per heavy atom. The zero-order chi connectivity index (χ0) is 14.6. The highest BCUT2D eigenvalue weighted by Gasteiger charge is 2.20. The van der Waals surface area contributed by atoms with Gasteiger partial charge in [-0.1, -0.05) is 22.5 Å². The van der Waals surface area contributed by atoms with Crippen LogP contribution in [0.5, 0.6) is 5.75 Å². The molecule has 5 nitrogen and oxygen atoms in total. The average molecular weight is 328 g/mol. The van der Waals surface area contributed by atoms with Gasteiger partial charge in [0.15, 0.2) is 0 Å². The van der Waals surface area contributed by atoms with E-state index in [0.717, 1.165) is 4.47 Å². The molecule has 19 heavy (non-hydrogen) atoms. The quantitative estimate of drug-likeness (QED) is 0.376. The number of carbonyl (C=O) groups is 1. The molecule has 1 aromatic carbocycles. The summed E-state index contributed by atoms with van der Waals surface area (Å²) in [4.78, 5) is 15.8. The summed E-state index contributed by atoms with van der Waals surface area (Å²) < 4.78 is 5.97. The number of rotatable bonds is 5. The third kappa shape index (κ3) is 3.36. The molecule has 1 aromatic rings. The van der Waals surface area contributed by atoms with Crippen LogP contribution in [0.25, 0.3) is 5.57 Å². The number of hydrogen-bond acceptors (Lipinski definition) is 4. The van der Waals surface area contributed by atoms with Crippen LogP contribution in [0.3, 0.4) is 0 Å². The number of benzene rings is 1. The molecular formula is C13H14BrNO4. The first-order valence-corrected chi connectivity index (χ1v) is 6.05. The van der Waals surface area contributed by atoms with Gasteiger partial charge in [-0.3, -0.25) is 0 Å². The number of allylic oxidation sites excluding steroid dienone is 1. The van der Waals surface area contributed by atoms with Gasteiger partial charge < -0.3 is 14.7 Å². The summed E-state index contributed by atoms with van der Waals surface area (Å²) >= 11 is 3.32. The molecule has 1 rings (SSSR count). The van der Waals surface area contributed by atoms with Crippen LogP contribution in [-0.2, 0) is 9.63 Å². The van der Waals surface area contributed by atoms with Gasteiger partial charge in [-0.25, -0.2) is 4.79 Å². The van der Waals surface area contributed by atoms with Gasteiger partial charge in [0.05, 0.1) is 7.11 Å². The largest absolute Gasteiger partial charge is 0.496 e. The molecule has 6 heteroatoms. The van der Waals surface area contributed by atoms with Crippen LogP contribution in [0, 0.1) is 0 Å². The van der Waals surface area contributed by atoms with E-state index in [1.165, 1.54) is 14.0 Å². The number of hydrogen-bond donors (Lipinski definition) is 2. The summed E-state index contributed by atoms with van der Waals surface area (Å²) in [6.07, 6.45) is 0. The maximum Gasteiger partial charge on any atom is 0.339 e. The van der Waals surface area contributed by atoms with Crippen molar-refractivity contribution in [2.24, 2.45) is 5.90 Å². The van der Waals surface area contributed by atoms with E-state index in [-0.39, 0.29) is 16.9 Å². The Kier molecular flexibility index (Phi) is 5.14. The van der Waals surface area contributed by atoms with Crippen LogP contribution < -0.4 is 10.6 Å². The molecule has 0 aromatic heterocycles. The van der Waals surface area contributed by atoms with Gasteiger partial charge in [-0.05, 0) is 30.7 Å². The van der Waals surface area contributed by atoms with E-state index < -0.39 is 5.97 Å². The molecular weight excluding hydrogens is 314 g/mol. The molecule has 0 spiro atoms. The minimum Gasteiger partial charge on any atom is -0.496 e. The van der Waals surface area contributed by atoms with Crippen molar-refractivity contribution in [3.63, 3.8) is 0 Å². The summed E-state index contributed by atoms with van der Waals surface area (Å²) in [6.45, 7) is 5.25. The van der Waals surface area contributed by atoms with Crippen molar-refractivity contribution in [1.29, 1.82) is 0 Å². The van der Waals surface area contributed by atoms with Gasteiger partial charge >= 0.3 is 5.97 Å². The van der Waals surface area contributed by atoms with Gasteiger partial charge in [0, 0.05) is 10.0 Å². The molecule has 0 atom stereocenters. The van der Waals surface area contributed by atoms with Crippen molar-refractivity contribution >= 4 is 27.5 Å². The number of carboxylic acids is 1. The predicted molar refractivity (Wildman–Crippen MR) is 75.3 cm³/mol. The fourth-order valence-corrected chi connectivity index (χ4v) is 1.96. The van der Waals surface area contributed by atoms with E-state index in [0.29, 0.717) is 11.3 Å². The fourth-order valence-electron chi connectivity index (χ4n) is 1.60. The number of ether oxygens (including phenoxy) is 1. The maximum absolute atomic E-state index is 11.3. The van der Waals surface area contributed by atoms with Crippen LogP contribution in [0.2, 0.25) is 0 Å². The van der Waals surface area contributed by atoms with E-state index >= 15 is 0 Å². The molecule has 0 fully saturated rings. The SMILES string of the molecule is C=C(/C(C(=O)O)=C(/C)ON)c1cc(Br)ccc1OC. The van der Waals surface area contributed by atoms with Crippen LogP contribution in [-0.4, -0.2) is 18.2 Å². The molecule has 0 amide bonds. The molecule has 0 aliphatic rings. The lowest BCUT2D eigenvalue weighted by molar-refractivity contribution is -0.132. The van der Waals surface area contributed by atoms with Crippen LogP contribution in [0.4, 0.5) is 0 Å². The lowest BCUT2D eigenvalue weighted by Gasteiger charge is -2.13. The Morgan fingerprint density at radius 2 is 2.11 bits per heavy atom. The van der Waals surface area contributed by atoms with Gasteiger partial charge in [0.1, 0.15) is 17.1 Å². The molecule has 0 aliphatic carbocycles. The predicted octanol–water partition coefficient (Wildman–Crippen LogP) is 2.72. The second kappa shape index (κ2) is 6.40. The zero-order valence-corrected chi connectivity index (χ0v) is 12.2. The van der Waals surface area contributed by atoms with E-state index in [1.54, 1.807) is 18.2 Å². The van der Waals surface area contributed by atoms with Gasteiger partial charge in [0.25, 0.3) is 0 Å². The topological polar surface area (TPSA) is 81.8 Å². The molecule has 0 bridgehead atoms. The van der Waals surface area contributed by atoms with Gasteiger partial charge in [0.2, 0.25) is 0 Å². The summed E-state index contributed by atoms with van der Waals surface area (Å²) in [5.74, 6) is 4.43. The highest BCUT2D eigenvalue weighted by molar-refractivity contribution is 9.10. The number of halogens is 1. The number of methoxy groups -OCH3 is 1. The maximum atomic E-state index is 11.3. The molecule has 0 saturated heterocycles. The first-order chi connectivity index (χ1) is 8.92. The number of nitrogens with two attached hydrogens (primary N) is 1. The first-order valence-electron chi connectivity index (χ1n) is 5.26. The third-order valence-corrected chi connectivity index (χ3v) is 3.02. The van der Waals surface area contributed by atoms with Crippen molar-refractivity contribution in [1.82, 2.24) is 0 Å². The number of aliphatic carboxylic acids is 1. The normalized spacial score (nSPS) is 11.6. The standard InChI is InChI=1S/C13H14BrNO4/c1-7(12(13(16)17)8(2)19-15)10-6-9(14)4-5-11(10)18-3/h4-6H,1,15H2,2-3H3,(H,16,17)/b12-8+. The van der Waals surface area contributed by atoms with Gasteiger partial charge in [-0.2, -0.15) is 5.90 Å². The molecule has 0 unspecified atom stereocenters. The first kappa shape index (κ1) is 15.3. The fraction of sp³-hybridized carbons (Fsp3) is 0.154. The van der Waals surface area contributed by atoms with E-state index in [1.807, 2.05) is 0 Å². The van der Waals surface area contributed by atoms with E-state index in [4.69, 9.17) is 10.6 Å². The smallest absolute Gasteiger partial charge is 0.339 e. The Labute approximate surface area is 119 Å². The third-order valence-electron chi connectivity index (χ3n) is 2.53. The molecule has 102 valence electrons. The van der Waals surface area contributed by atoms with Gasteiger partial charge in [-0.15, -0.1) is 0 Å². The summed E-state index contributed by atoms with van der Waals surface area (Å²) in [6, 6.07) is 5.21. The van der Waals surface area contributed by atoms with Crippen molar-refractivity contribution in [2.45, 2.75) is 6.92 Å². The molecule has 0 aliphatic heterocycles. The zero-order valence-electron chi connectivity index (χ0n) is 10.6. The van der Waals surface area contributed by atoms with Crippen molar-refractivity contribution in [3.8, 4) is 5.75 Å². The Balaban J connectivity index is 3.40. The minimum absolute atomic E-state index is 0.0690. The van der Waals surface area contributed by atoms with Crippen LogP contribution in [0.15, 0.2) is 40.6 Å². The number of carboxylic acid groups (broad SMARTS) is 1. The molecule has 0 radical (unpaired) electrons. The van der Waals surface area contributed by atoms with E-state index in [2.05, 4.69) is 27.3 Å². The second-order valence-electron chi connectivity index (χ2n) is 3.68. The van der Waals surface area contributed by atoms with Crippen LogP contribution >= 0.6 is 15.9 Å². The average Bonchev–Trinajstić information content (AvgIpc) is 2.38. The monoisotopic (exact) mass is 327 g/mol. The highest BCUT2D eigenvalue weighted by Crippen LogP contribution is 2.33. The summed E-state index contributed by atoms with van der Waals surface area (Å²) in [5, 5.41) is 9.23. The molecule has 0 heterocycles. The summed E-state index contributed by atoms with van der Waals surface area (Å²) in [7, 11) is 1.50. The van der Waals surface area contributed by atoms with Crippen molar-refractivity contribution in [2.75, 3.05) is 7.11 Å². The van der Waals surface area contributed by atoms with Crippen molar-refractivity contribution in [3.05, 3.63) is 46.1 Å². The van der Waals surface area contributed by atoms with E-state index in [9.17, 15) is 9.90 Å². The Hall–Kier alpha value is -1.79. The highest BCUT2D eigenvalue weighted by atomic mass is 79.9. The molecule has 3 N–H and O–H groups in total. The Bertz CT molecular complexity index is 552. The van der Waals surface area contributed by atoms with Crippen LogP contribution in [0.1, 0.15) is 12.5 Å². The Morgan fingerprint density at radius 3 is 2.58 bits per heavy atom. The second-order valence-corrected chi connectivity index (χ2v) is 4.59. The summed E-state index contributed by atoms with van der Waals surface area (Å²) in [5.41, 5.74) is 0.707. The van der Waals surface area contributed by atoms with Crippen molar-refractivity contribution < 1.29 is 19.5 Å².